The lowest BCUT2D eigenvalue weighted by molar-refractivity contribution is -0.122. The van der Waals surface area contributed by atoms with Gasteiger partial charge in [0, 0.05) is 10.3 Å². The van der Waals surface area contributed by atoms with Crippen LogP contribution in [-0.2, 0) is 11.2 Å². The molecule has 0 atom stereocenters. The third kappa shape index (κ3) is 1.73. The lowest BCUT2D eigenvalue weighted by atomic mass is 9.95. The number of hydrogen-bond donors (Lipinski definition) is 0. The molecule has 1 aliphatic carbocycles. The molecule has 1 aromatic rings. The van der Waals surface area contributed by atoms with E-state index in [0.717, 1.165) is 31.4 Å². The third-order valence-corrected chi connectivity index (χ3v) is 4.27. The molecule has 3 heteroatoms. The Labute approximate surface area is 88.4 Å². The van der Waals surface area contributed by atoms with Crippen molar-refractivity contribution in [3.8, 4) is 0 Å². The van der Waals surface area contributed by atoms with E-state index in [-0.39, 0.29) is 5.41 Å². The van der Waals surface area contributed by atoms with E-state index in [1.807, 2.05) is 12.4 Å². The molecule has 2 rings (SSSR count). The van der Waals surface area contributed by atoms with Crippen molar-refractivity contribution in [2.24, 2.45) is 5.41 Å². The SMILES string of the molecule is CC(=O)C1(CCc2scnc2C)CC1. The van der Waals surface area contributed by atoms with Crippen LogP contribution in [0, 0.1) is 12.3 Å². The Hall–Kier alpha value is -0.700. The molecule has 1 heterocycles. The smallest absolute Gasteiger partial charge is 0.135 e. The van der Waals surface area contributed by atoms with Crippen LogP contribution in [-0.4, -0.2) is 10.8 Å². The average molecular weight is 209 g/mol. The molecule has 0 saturated heterocycles. The van der Waals surface area contributed by atoms with Crippen molar-refractivity contribution in [3.05, 3.63) is 16.1 Å². The summed E-state index contributed by atoms with van der Waals surface area (Å²) >= 11 is 1.71. The minimum absolute atomic E-state index is 0.0520. The fraction of sp³-hybridized carbons (Fsp3) is 0.636. The van der Waals surface area contributed by atoms with Crippen LogP contribution in [0.1, 0.15) is 36.8 Å². The Morgan fingerprint density at radius 3 is 2.79 bits per heavy atom. The van der Waals surface area contributed by atoms with Crippen LogP contribution in [0.3, 0.4) is 0 Å². The van der Waals surface area contributed by atoms with Crippen LogP contribution in [0.15, 0.2) is 5.51 Å². The fourth-order valence-corrected chi connectivity index (χ4v) is 2.63. The summed E-state index contributed by atoms with van der Waals surface area (Å²) in [6.07, 6.45) is 4.24. The molecule has 0 aliphatic heterocycles. The zero-order valence-electron chi connectivity index (χ0n) is 8.67. The summed E-state index contributed by atoms with van der Waals surface area (Å²) in [5.41, 5.74) is 3.07. The van der Waals surface area contributed by atoms with Gasteiger partial charge in [-0.3, -0.25) is 4.79 Å². The summed E-state index contributed by atoms with van der Waals surface area (Å²) in [5, 5.41) is 0. The van der Waals surface area contributed by atoms with Crippen LogP contribution in [0.25, 0.3) is 0 Å². The van der Waals surface area contributed by atoms with Crippen LogP contribution in [0.4, 0.5) is 0 Å². The van der Waals surface area contributed by atoms with Crippen LogP contribution < -0.4 is 0 Å². The van der Waals surface area contributed by atoms with Crippen molar-refractivity contribution >= 4 is 17.1 Å². The molecule has 0 spiro atoms. The molecular formula is C11H15NOS. The Balaban J connectivity index is 1.95. The first kappa shape index (κ1) is 9.84. The molecule has 0 aromatic carbocycles. The Kier molecular flexibility index (Phi) is 2.43. The van der Waals surface area contributed by atoms with Crippen molar-refractivity contribution < 1.29 is 4.79 Å². The van der Waals surface area contributed by atoms with E-state index < -0.39 is 0 Å². The first-order chi connectivity index (χ1) is 6.64. The summed E-state index contributed by atoms with van der Waals surface area (Å²) < 4.78 is 0. The first-order valence-corrected chi connectivity index (χ1v) is 5.92. The van der Waals surface area contributed by atoms with Gasteiger partial charge >= 0.3 is 0 Å². The first-order valence-electron chi connectivity index (χ1n) is 5.04. The van der Waals surface area contributed by atoms with Gasteiger partial charge in [0.2, 0.25) is 0 Å². The van der Waals surface area contributed by atoms with Crippen molar-refractivity contribution in [2.75, 3.05) is 0 Å². The number of carbonyl (C=O) groups excluding carboxylic acids is 1. The van der Waals surface area contributed by atoms with Gasteiger partial charge in [0.25, 0.3) is 0 Å². The van der Waals surface area contributed by atoms with Gasteiger partial charge in [0.15, 0.2) is 0 Å². The van der Waals surface area contributed by atoms with Gasteiger partial charge in [0.1, 0.15) is 5.78 Å². The van der Waals surface area contributed by atoms with E-state index in [4.69, 9.17) is 0 Å². The lowest BCUT2D eigenvalue weighted by Gasteiger charge is -2.09. The quantitative estimate of drug-likeness (QED) is 0.763. The number of carbonyl (C=O) groups is 1. The van der Waals surface area contributed by atoms with Crippen molar-refractivity contribution in [1.29, 1.82) is 0 Å². The summed E-state index contributed by atoms with van der Waals surface area (Å²) in [4.78, 5) is 16.9. The molecule has 14 heavy (non-hydrogen) atoms. The van der Waals surface area contributed by atoms with E-state index in [0.29, 0.717) is 5.78 Å². The van der Waals surface area contributed by atoms with Crippen LogP contribution >= 0.6 is 11.3 Å². The molecule has 0 amide bonds. The maximum atomic E-state index is 11.4. The highest BCUT2D eigenvalue weighted by Gasteiger charge is 2.46. The number of nitrogens with zero attached hydrogens (tertiary/aromatic N) is 1. The van der Waals surface area contributed by atoms with Gasteiger partial charge in [-0.15, -0.1) is 11.3 Å². The molecule has 0 radical (unpaired) electrons. The van der Waals surface area contributed by atoms with Crippen molar-refractivity contribution in [1.82, 2.24) is 4.98 Å². The number of hydrogen-bond acceptors (Lipinski definition) is 3. The minimum atomic E-state index is 0.0520. The maximum Gasteiger partial charge on any atom is 0.135 e. The predicted octanol–water partition coefficient (Wildman–Crippen LogP) is 2.75. The molecule has 0 unspecified atom stereocenters. The summed E-state index contributed by atoms with van der Waals surface area (Å²) in [5.74, 6) is 0.375. The van der Waals surface area contributed by atoms with E-state index in [9.17, 15) is 4.79 Å². The van der Waals surface area contributed by atoms with E-state index in [1.165, 1.54) is 4.88 Å². The molecule has 1 saturated carbocycles. The predicted molar refractivity (Wildman–Crippen MR) is 57.5 cm³/mol. The van der Waals surface area contributed by atoms with Gasteiger partial charge < -0.3 is 0 Å². The highest BCUT2D eigenvalue weighted by atomic mass is 32.1. The number of rotatable bonds is 4. The van der Waals surface area contributed by atoms with Gasteiger partial charge in [-0.1, -0.05) is 0 Å². The van der Waals surface area contributed by atoms with Gasteiger partial charge in [0.05, 0.1) is 11.2 Å². The molecule has 2 nitrogen and oxygen atoms in total. The molecule has 0 bridgehead atoms. The third-order valence-electron chi connectivity index (χ3n) is 3.28. The number of Topliss-reactive ketones (excluding diaryl/α,β-unsaturated/α-hetero) is 1. The van der Waals surface area contributed by atoms with Crippen LogP contribution in [0.5, 0.6) is 0 Å². The van der Waals surface area contributed by atoms with Crippen molar-refractivity contribution in [3.63, 3.8) is 0 Å². The Morgan fingerprint density at radius 1 is 1.64 bits per heavy atom. The summed E-state index contributed by atoms with van der Waals surface area (Å²) in [6.45, 7) is 3.77. The largest absolute Gasteiger partial charge is 0.299 e. The van der Waals surface area contributed by atoms with Crippen molar-refractivity contribution in [2.45, 2.75) is 39.5 Å². The van der Waals surface area contributed by atoms with Gasteiger partial charge in [-0.2, -0.15) is 0 Å². The van der Waals surface area contributed by atoms with Gasteiger partial charge in [-0.25, -0.2) is 4.98 Å². The molecule has 76 valence electrons. The standard InChI is InChI=1S/C11H15NOS/c1-8-10(14-7-12-8)3-4-11(5-6-11)9(2)13/h7H,3-6H2,1-2H3. The monoisotopic (exact) mass is 209 g/mol. The van der Waals surface area contributed by atoms with E-state index in [2.05, 4.69) is 4.98 Å². The second-order valence-electron chi connectivity index (χ2n) is 4.20. The molecule has 1 fully saturated rings. The lowest BCUT2D eigenvalue weighted by Crippen LogP contribution is -2.12. The number of aromatic nitrogens is 1. The second kappa shape index (κ2) is 3.46. The molecule has 0 N–H and O–H groups in total. The summed E-state index contributed by atoms with van der Waals surface area (Å²) in [7, 11) is 0. The maximum absolute atomic E-state index is 11.4. The molecular weight excluding hydrogens is 194 g/mol. The second-order valence-corrected chi connectivity index (χ2v) is 5.14. The Bertz CT molecular complexity index is 352. The normalized spacial score (nSPS) is 18.1. The zero-order chi connectivity index (χ0) is 10.2. The topological polar surface area (TPSA) is 30.0 Å². The highest BCUT2D eigenvalue weighted by molar-refractivity contribution is 7.09. The zero-order valence-corrected chi connectivity index (χ0v) is 9.49. The average Bonchev–Trinajstić information content (AvgIpc) is 2.83. The molecule has 1 aromatic heterocycles. The minimum Gasteiger partial charge on any atom is -0.299 e. The summed E-state index contributed by atoms with van der Waals surface area (Å²) in [6, 6.07) is 0. The number of aryl methyl sites for hydroxylation is 2. The van der Waals surface area contributed by atoms with E-state index in [1.54, 1.807) is 18.3 Å². The van der Waals surface area contributed by atoms with E-state index >= 15 is 0 Å². The fourth-order valence-electron chi connectivity index (χ4n) is 1.85. The number of ketones is 1. The highest BCUT2D eigenvalue weighted by Crippen LogP contribution is 2.50. The number of thiazole rings is 1. The molecule has 1 aliphatic rings. The van der Waals surface area contributed by atoms with Crippen LogP contribution in [0.2, 0.25) is 0 Å². The van der Waals surface area contributed by atoms with Gasteiger partial charge in [-0.05, 0) is 39.5 Å². The Morgan fingerprint density at radius 2 is 2.36 bits per heavy atom.